The van der Waals surface area contributed by atoms with Crippen molar-refractivity contribution in [1.82, 2.24) is 0 Å². The lowest BCUT2D eigenvalue weighted by Crippen LogP contribution is -2.19. The minimum Gasteiger partial charge on any atom is -0.457 e. The van der Waals surface area contributed by atoms with Gasteiger partial charge in [-0.15, -0.1) is 0 Å². The molecule has 4 heteroatoms. The Hall–Kier alpha value is -2.17. The van der Waals surface area contributed by atoms with Gasteiger partial charge in [-0.25, -0.2) is 0 Å². The molecule has 1 N–H and O–H groups in total. The van der Waals surface area contributed by atoms with E-state index < -0.39 is 6.10 Å². The Balaban J connectivity index is 1.82. The molecule has 0 fully saturated rings. The van der Waals surface area contributed by atoms with Gasteiger partial charge in [0.25, 0.3) is 0 Å². The molecule has 2 rings (SSSR count). The molecule has 0 unspecified atom stereocenters. The second-order valence-corrected chi connectivity index (χ2v) is 5.71. The number of aliphatic hydroxyl groups is 1. The Bertz CT molecular complexity index is 598. The molecule has 0 heterocycles. The summed E-state index contributed by atoms with van der Waals surface area (Å²) in [6, 6.07) is 19.3. The van der Waals surface area contributed by atoms with Gasteiger partial charge in [-0.05, 0) is 18.1 Å². The third kappa shape index (κ3) is 6.14. The maximum Gasteiger partial charge on any atom is 0.309 e. The second kappa shape index (κ2) is 9.85. The minimum atomic E-state index is -0.426. The normalized spacial score (nSPS) is 13.2. The molecule has 0 spiro atoms. The van der Waals surface area contributed by atoms with Gasteiger partial charge >= 0.3 is 5.97 Å². The summed E-state index contributed by atoms with van der Waals surface area (Å²) >= 11 is 0. The molecule has 0 aromatic heterocycles. The maximum absolute atomic E-state index is 12.1. The standard InChI is InChI=1S/C20H24O4/c1-16(23-15-17-8-4-2-5-9-17)14-20(22)24-19(12-13-21)18-10-6-3-7-11-18/h2-11,16,19,21H,12-15H2,1H3/t16-,19-/m1/s1. The Kier molecular flexibility index (Phi) is 7.46. The third-order valence-corrected chi connectivity index (χ3v) is 3.67. The summed E-state index contributed by atoms with van der Waals surface area (Å²) < 4.78 is 11.2. The van der Waals surface area contributed by atoms with Gasteiger partial charge < -0.3 is 14.6 Å². The van der Waals surface area contributed by atoms with Crippen LogP contribution >= 0.6 is 0 Å². The van der Waals surface area contributed by atoms with Crippen molar-refractivity contribution in [2.24, 2.45) is 0 Å². The van der Waals surface area contributed by atoms with Crippen LogP contribution in [0.1, 0.15) is 37.0 Å². The van der Waals surface area contributed by atoms with Crippen molar-refractivity contribution in [1.29, 1.82) is 0 Å². The van der Waals surface area contributed by atoms with Crippen molar-refractivity contribution < 1.29 is 19.4 Å². The summed E-state index contributed by atoms with van der Waals surface area (Å²) in [5.74, 6) is -0.321. The molecule has 0 aliphatic carbocycles. The summed E-state index contributed by atoms with van der Waals surface area (Å²) in [5.41, 5.74) is 1.96. The Morgan fingerprint density at radius 2 is 1.67 bits per heavy atom. The number of hydrogen-bond donors (Lipinski definition) is 1. The fraction of sp³-hybridized carbons (Fsp3) is 0.350. The van der Waals surface area contributed by atoms with Crippen LogP contribution in [0, 0.1) is 0 Å². The molecule has 0 aliphatic heterocycles. The first-order valence-corrected chi connectivity index (χ1v) is 8.20. The van der Waals surface area contributed by atoms with E-state index in [0.717, 1.165) is 11.1 Å². The second-order valence-electron chi connectivity index (χ2n) is 5.71. The first-order chi connectivity index (χ1) is 11.7. The molecule has 0 radical (unpaired) electrons. The first kappa shape index (κ1) is 18.2. The molecule has 128 valence electrons. The number of hydrogen-bond acceptors (Lipinski definition) is 4. The fourth-order valence-electron chi connectivity index (χ4n) is 2.39. The lowest BCUT2D eigenvalue weighted by molar-refractivity contribution is -0.153. The van der Waals surface area contributed by atoms with Gasteiger partial charge in [0.05, 0.1) is 19.1 Å². The Morgan fingerprint density at radius 3 is 2.29 bits per heavy atom. The highest BCUT2D eigenvalue weighted by molar-refractivity contribution is 5.70. The van der Waals surface area contributed by atoms with E-state index in [1.54, 1.807) is 0 Å². The van der Waals surface area contributed by atoms with E-state index in [0.29, 0.717) is 13.0 Å². The number of benzene rings is 2. The fourth-order valence-corrected chi connectivity index (χ4v) is 2.39. The van der Waals surface area contributed by atoms with Crippen LogP contribution in [0.3, 0.4) is 0 Å². The van der Waals surface area contributed by atoms with Crippen LogP contribution in [0.5, 0.6) is 0 Å². The van der Waals surface area contributed by atoms with Crippen molar-refractivity contribution in [3.63, 3.8) is 0 Å². The van der Waals surface area contributed by atoms with Crippen LogP contribution in [0.25, 0.3) is 0 Å². The highest BCUT2D eigenvalue weighted by atomic mass is 16.5. The van der Waals surface area contributed by atoms with E-state index in [1.807, 2.05) is 67.6 Å². The van der Waals surface area contributed by atoms with Crippen molar-refractivity contribution in [3.05, 3.63) is 71.8 Å². The molecule has 2 aromatic rings. The highest BCUT2D eigenvalue weighted by Gasteiger charge is 2.18. The SMILES string of the molecule is C[C@H](CC(=O)O[C@H](CCO)c1ccccc1)OCc1ccccc1. The smallest absolute Gasteiger partial charge is 0.309 e. The molecule has 2 atom stereocenters. The molecule has 24 heavy (non-hydrogen) atoms. The number of esters is 1. The van der Waals surface area contributed by atoms with Crippen molar-refractivity contribution in [2.75, 3.05) is 6.61 Å². The van der Waals surface area contributed by atoms with Crippen LogP contribution in [0.2, 0.25) is 0 Å². The van der Waals surface area contributed by atoms with Gasteiger partial charge in [-0.2, -0.15) is 0 Å². The number of aliphatic hydroxyl groups excluding tert-OH is 1. The number of carbonyl (C=O) groups is 1. The van der Waals surface area contributed by atoms with E-state index in [4.69, 9.17) is 9.47 Å². The van der Waals surface area contributed by atoms with E-state index >= 15 is 0 Å². The molecule has 0 saturated heterocycles. The predicted octanol–water partition coefficient (Wildman–Crippen LogP) is 3.65. The van der Waals surface area contributed by atoms with Crippen LogP contribution in [0.4, 0.5) is 0 Å². The lowest BCUT2D eigenvalue weighted by atomic mass is 10.1. The van der Waals surface area contributed by atoms with Crippen LogP contribution in [-0.4, -0.2) is 23.8 Å². The number of ether oxygens (including phenoxy) is 2. The van der Waals surface area contributed by atoms with E-state index in [9.17, 15) is 9.90 Å². The summed E-state index contributed by atoms with van der Waals surface area (Å²) in [6.45, 7) is 2.29. The average Bonchev–Trinajstić information content (AvgIpc) is 2.61. The largest absolute Gasteiger partial charge is 0.457 e. The van der Waals surface area contributed by atoms with Gasteiger partial charge in [0.15, 0.2) is 0 Å². The zero-order chi connectivity index (χ0) is 17.2. The maximum atomic E-state index is 12.1. The Morgan fingerprint density at radius 1 is 1.04 bits per heavy atom. The Labute approximate surface area is 143 Å². The van der Waals surface area contributed by atoms with Gasteiger partial charge in [-0.1, -0.05) is 60.7 Å². The molecule has 0 amide bonds. The quantitative estimate of drug-likeness (QED) is 0.714. The first-order valence-electron chi connectivity index (χ1n) is 8.20. The lowest BCUT2D eigenvalue weighted by Gasteiger charge is -2.19. The summed E-state index contributed by atoms with van der Waals surface area (Å²) in [6.07, 6.45) is -0.0929. The van der Waals surface area contributed by atoms with Crippen LogP contribution in [0.15, 0.2) is 60.7 Å². The van der Waals surface area contributed by atoms with E-state index in [2.05, 4.69) is 0 Å². The molecular weight excluding hydrogens is 304 g/mol. The summed E-state index contributed by atoms with van der Waals surface area (Å²) in [7, 11) is 0. The van der Waals surface area contributed by atoms with Crippen molar-refractivity contribution >= 4 is 5.97 Å². The molecular formula is C20H24O4. The predicted molar refractivity (Wildman–Crippen MR) is 92.3 cm³/mol. The molecule has 0 bridgehead atoms. The van der Waals surface area contributed by atoms with E-state index in [-0.39, 0.29) is 25.1 Å². The minimum absolute atomic E-state index is 0.0348. The van der Waals surface area contributed by atoms with Crippen LogP contribution < -0.4 is 0 Å². The monoisotopic (exact) mass is 328 g/mol. The summed E-state index contributed by atoms with van der Waals surface area (Å²) in [5, 5.41) is 9.19. The number of rotatable bonds is 9. The summed E-state index contributed by atoms with van der Waals surface area (Å²) in [4.78, 5) is 12.1. The van der Waals surface area contributed by atoms with Gasteiger partial charge in [-0.3, -0.25) is 4.79 Å². The molecule has 0 aliphatic rings. The zero-order valence-electron chi connectivity index (χ0n) is 13.9. The van der Waals surface area contributed by atoms with Crippen molar-refractivity contribution in [2.45, 2.75) is 38.6 Å². The van der Waals surface area contributed by atoms with Crippen molar-refractivity contribution in [3.8, 4) is 0 Å². The number of carbonyl (C=O) groups excluding carboxylic acids is 1. The molecule has 0 saturated carbocycles. The van der Waals surface area contributed by atoms with Gasteiger partial charge in [0, 0.05) is 13.0 Å². The average molecular weight is 328 g/mol. The van der Waals surface area contributed by atoms with Gasteiger partial charge in [0.2, 0.25) is 0 Å². The highest BCUT2D eigenvalue weighted by Crippen LogP contribution is 2.21. The zero-order valence-corrected chi connectivity index (χ0v) is 13.9. The van der Waals surface area contributed by atoms with E-state index in [1.165, 1.54) is 0 Å². The van der Waals surface area contributed by atoms with Crippen LogP contribution in [-0.2, 0) is 20.9 Å². The van der Waals surface area contributed by atoms with Gasteiger partial charge in [0.1, 0.15) is 6.10 Å². The topological polar surface area (TPSA) is 55.8 Å². The third-order valence-electron chi connectivity index (χ3n) is 3.67. The molecule has 4 nitrogen and oxygen atoms in total. The molecule has 2 aromatic carbocycles.